The third-order valence-electron chi connectivity index (χ3n) is 4.73. The number of nitrogens with zero attached hydrogens (tertiary/aromatic N) is 3. The van der Waals surface area contributed by atoms with E-state index in [4.69, 9.17) is 0 Å². The average Bonchev–Trinajstić information content (AvgIpc) is 3.03. The first-order valence-corrected chi connectivity index (χ1v) is 7.20. The molecular formula is C15H16N4O2. The molecule has 1 aromatic carbocycles. The number of nitro benzene ring substituents is 1. The minimum absolute atomic E-state index is 0.187. The van der Waals surface area contributed by atoms with E-state index in [0.29, 0.717) is 12.1 Å². The molecule has 2 aliphatic rings. The van der Waals surface area contributed by atoms with Crippen LogP contribution in [0.1, 0.15) is 35.7 Å². The van der Waals surface area contributed by atoms with Crippen LogP contribution in [0.25, 0.3) is 0 Å². The molecule has 0 amide bonds. The van der Waals surface area contributed by atoms with Crippen LogP contribution < -0.4 is 4.90 Å². The molecule has 1 fully saturated rings. The van der Waals surface area contributed by atoms with Crippen molar-refractivity contribution < 1.29 is 4.92 Å². The quantitative estimate of drug-likeness (QED) is 0.679. The Labute approximate surface area is 121 Å². The van der Waals surface area contributed by atoms with Crippen LogP contribution in [-0.4, -0.2) is 21.2 Å². The van der Waals surface area contributed by atoms with Crippen LogP contribution in [0.2, 0.25) is 0 Å². The van der Waals surface area contributed by atoms with Crippen LogP contribution in [0.15, 0.2) is 24.4 Å². The zero-order chi connectivity index (χ0) is 14.6. The van der Waals surface area contributed by atoms with E-state index in [9.17, 15) is 10.1 Å². The molecule has 108 valence electrons. The monoisotopic (exact) mass is 284 g/mol. The van der Waals surface area contributed by atoms with Crippen molar-refractivity contribution in [2.75, 3.05) is 4.90 Å². The SMILES string of the molecule is Cc1cc(N2C3CCC2c2cn[nH]c2C3)ccc1[N+](=O)[O-]. The van der Waals surface area contributed by atoms with Gasteiger partial charge in [0.25, 0.3) is 5.69 Å². The molecule has 0 aliphatic carbocycles. The van der Waals surface area contributed by atoms with Gasteiger partial charge in [-0.25, -0.2) is 0 Å². The number of benzene rings is 1. The average molecular weight is 284 g/mol. The Morgan fingerprint density at radius 2 is 2.29 bits per heavy atom. The fourth-order valence-electron chi connectivity index (χ4n) is 3.79. The molecule has 1 N–H and O–H groups in total. The Kier molecular flexibility index (Phi) is 2.54. The van der Waals surface area contributed by atoms with Crippen molar-refractivity contribution in [3.05, 3.63) is 51.3 Å². The van der Waals surface area contributed by atoms with Gasteiger partial charge < -0.3 is 4.90 Å². The van der Waals surface area contributed by atoms with Crippen molar-refractivity contribution >= 4 is 11.4 Å². The predicted molar refractivity (Wildman–Crippen MR) is 78.4 cm³/mol. The van der Waals surface area contributed by atoms with Crippen molar-refractivity contribution in [2.24, 2.45) is 0 Å². The molecule has 6 nitrogen and oxygen atoms in total. The van der Waals surface area contributed by atoms with Crippen LogP contribution in [0.3, 0.4) is 0 Å². The number of H-pyrrole nitrogens is 1. The molecular weight excluding hydrogens is 268 g/mol. The number of nitrogens with one attached hydrogen (secondary N) is 1. The molecule has 4 rings (SSSR count). The van der Waals surface area contributed by atoms with Gasteiger partial charge in [0, 0.05) is 41.0 Å². The molecule has 0 saturated carbocycles. The minimum Gasteiger partial charge on any atom is -0.361 e. The first kappa shape index (κ1) is 12.4. The highest BCUT2D eigenvalue weighted by atomic mass is 16.6. The summed E-state index contributed by atoms with van der Waals surface area (Å²) in [6, 6.07) is 6.24. The Balaban J connectivity index is 1.75. The van der Waals surface area contributed by atoms with Gasteiger partial charge >= 0.3 is 0 Å². The number of hydrogen-bond donors (Lipinski definition) is 1. The summed E-state index contributed by atoms with van der Waals surface area (Å²) in [6.07, 6.45) is 5.17. The summed E-state index contributed by atoms with van der Waals surface area (Å²) >= 11 is 0. The number of anilines is 1. The normalized spacial score (nSPS) is 23.2. The van der Waals surface area contributed by atoms with Gasteiger partial charge in [0.1, 0.15) is 0 Å². The molecule has 21 heavy (non-hydrogen) atoms. The molecule has 2 aromatic rings. The highest BCUT2D eigenvalue weighted by Crippen LogP contribution is 2.46. The van der Waals surface area contributed by atoms with E-state index in [1.165, 1.54) is 11.3 Å². The Bertz CT molecular complexity index is 724. The van der Waals surface area contributed by atoms with E-state index in [1.54, 1.807) is 13.0 Å². The molecule has 2 unspecified atom stereocenters. The largest absolute Gasteiger partial charge is 0.361 e. The molecule has 0 spiro atoms. The maximum absolute atomic E-state index is 11.0. The van der Waals surface area contributed by atoms with Crippen LogP contribution in [0, 0.1) is 17.0 Å². The molecule has 3 heterocycles. The van der Waals surface area contributed by atoms with Crippen molar-refractivity contribution in [1.82, 2.24) is 10.2 Å². The molecule has 6 heteroatoms. The molecule has 1 aromatic heterocycles. The lowest BCUT2D eigenvalue weighted by Gasteiger charge is -2.36. The van der Waals surface area contributed by atoms with Crippen molar-refractivity contribution in [3.8, 4) is 0 Å². The Morgan fingerprint density at radius 1 is 1.43 bits per heavy atom. The number of nitro groups is 1. The second kappa shape index (κ2) is 4.31. The summed E-state index contributed by atoms with van der Waals surface area (Å²) in [5.74, 6) is 0. The van der Waals surface area contributed by atoms with Gasteiger partial charge in [0.15, 0.2) is 0 Å². The van der Waals surface area contributed by atoms with E-state index in [1.807, 2.05) is 18.3 Å². The number of rotatable bonds is 2. The maximum Gasteiger partial charge on any atom is 0.272 e. The number of aromatic amines is 1. The van der Waals surface area contributed by atoms with Gasteiger partial charge in [-0.1, -0.05) is 0 Å². The fraction of sp³-hybridized carbons (Fsp3) is 0.400. The molecule has 2 bridgehead atoms. The Hall–Kier alpha value is -2.37. The van der Waals surface area contributed by atoms with E-state index >= 15 is 0 Å². The number of hydrogen-bond acceptors (Lipinski definition) is 4. The zero-order valence-electron chi connectivity index (χ0n) is 11.7. The molecule has 1 saturated heterocycles. The fourth-order valence-corrected chi connectivity index (χ4v) is 3.79. The first-order chi connectivity index (χ1) is 10.1. The molecule has 2 atom stereocenters. The second-order valence-electron chi connectivity index (χ2n) is 5.89. The van der Waals surface area contributed by atoms with Crippen LogP contribution in [0.4, 0.5) is 11.4 Å². The van der Waals surface area contributed by atoms with Gasteiger partial charge in [0.05, 0.1) is 17.2 Å². The van der Waals surface area contributed by atoms with E-state index in [2.05, 4.69) is 15.1 Å². The highest BCUT2D eigenvalue weighted by Gasteiger charge is 2.41. The predicted octanol–water partition coefficient (Wildman–Crippen LogP) is 2.89. The standard InChI is InChI=1S/C15H16N4O2/c1-9-6-10(2-4-14(9)19(20)21)18-11-3-5-15(18)12-8-16-17-13(12)7-11/h2,4,6,8,11,15H,3,5,7H2,1H3,(H,16,17). The van der Waals surface area contributed by atoms with Gasteiger partial charge in [0.2, 0.25) is 0 Å². The van der Waals surface area contributed by atoms with Gasteiger partial charge in [-0.3, -0.25) is 15.2 Å². The highest BCUT2D eigenvalue weighted by molar-refractivity contribution is 5.59. The van der Waals surface area contributed by atoms with Crippen molar-refractivity contribution in [2.45, 2.75) is 38.3 Å². The third kappa shape index (κ3) is 1.75. The topological polar surface area (TPSA) is 75.1 Å². The maximum atomic E-state index is 11.0. The van der Waals surface area contributed by atoms with Gasteiger partial charge in [-0.15, -0.1) is 0 Å². The van der Waals surface area contributed by atoms with Crippen LogP contribution >= 0.6 is 0 Å². The van der Waals surface area contributed by atoms with Gasteiger partial charge in [-0.05, 0) is 31.9 Å². The van der Waals surface area contributed by atoms with E-state index in [-0.39, 0.29) is 10.6 Å². The smallest absolute Gasteiger partial charge is 0.272 e. The number of fused-ring (bicyclic) bond motifs is 4. The number of aryl methyl sites for hydroxylation is 1. The van der Waals surface area contributed by atoms with E-state index in [0.717, 1.165) is 30.5 Å². The molecule has 0 radical (unpaired) electrons. The summed E-state index contributed by atoms with van der Waals surface area (Å²) in [4.78, 5) is 13.0. The van der Waals surface area contributed by atoms with E-state index < -0.39 is 0 Å². The first-order valence-electron chi connectivity index (χ1n) is 7.20. The summed E-state index contributed by atoms with van der Waals surface area (Å²) in [5, 5.41) is 18.2. The van der Waals surface area contributed by atoms with Crippen LogP contribution in [0.5, 0.6) is 0 Å². The third-order valence-corrected chi connectivity index (χ3v) is 4.73. The Morgan fingerprint density at radius 3 is 3.05 bits per heavy atom. The summed E-state index contributed by atoms with van der Waals surface area (Å²) < 4.78 is 0. The van der Waals surface area contributed by atoms with Gasteiger partial charge in [-0.2, -0.15) is 5.10 Å². The lowest BCUT2D eigenvalue weighted by molar-refractivity contribution is -0.385. The minimum atomic E-state index is -0.321. The van der Waals surface area contributed by atoms with Crippen LogP contribution in [-0.2, 0) is 6.42 Å². The summed E-state index contributed by atoms with van der Waals surface area (Å²) in [5.41, 5.74) is 4.51. The lowest BCUT2D eigenvalue weighted by atomic mass is 9.99. The van der Waals surface area contributed by atoms with Crippen molar-refractivity contribution in [3.63, 3.8) is 0 Å². The lowest BCUT2D eigenvalue weighted by Crippen LogP contribution is -2.37. The number of aromatic nitrogens is 2. The summed E-state index contributed by atoms with van der Waals surface area (Å²) in [7, 11) is 0. The molecule has 2 aliphatic heterocycles. The zero-order valence-corrected chi connectivity index (χ0v) is 11.7. The second-order valence-corrected chi connectivity index (χ2v) is 5.89. The summed E-state index contributed by atoms with van der Waals surface area (Å²) in [6.45, 7) is 1.80. The van der Waals surface area contributed by atoms with Crippen molar-refractivity contribution in [1.29, 1.82) is 0 Å².